The van der Waals surface area contributed by atoms with Crippen molar-refractivity contribution in [2.24, 2.45) is 5.10 Å². The van der Waals surface area contributed by atoms with E-state index in [1.165, 1.54) is 13.3 Å². The zero-order chi connectivity index (χ0) is 17.5. The number of H-pyrrole nitrogens is 1. The Morgan fingerprint density at radius 2 is 2.00 bits per heavy atom. The van der Waals surface area contributed by atoms with Crippen LogP contribution in [0.1, 0.15) is 39.3 Å². The molecule has 0 spiro atoms. The minimum Gasteiger partial charge on any atom is -0.465 e. The summed E-state index contributed by atoms with van der Waals surface area (Å²) in [6, 6.07) is 6.72. The van der Waals surface area contributed by atoms with Crippen LogP contribution in [-0.4, -0.2) is 35.4 Å². The van der Waals surface area contributed by atoms with Gasteiger partial charge in [0.25, 0.3) is 0 Å². The van der Waals surface area contributed by atoms with Crippen LogP contribution in [0.3, 0.4) is 0 Å². The lowest BCUT2D eigenvalue weighted by Gasteiger charge is -2.01. The maximum Gasteiger partial charge on any atom is 0.337 e. The van der Waals surface area contributed by atoms with Crippen LogP contribution in [0.25, 0.3) is 0 Å². The number of amides is 1. The average Bonchev–Trinajstić information content (AvgIpc) is 2.91. The van der Waals surface area contributed by atoms with Crippen molar-refractivity contribution in [2.45, 2.75) is 26.7 Å². The van der Waals surface area contributed by atoms with Crippen molar-refractivity contribution in [3.63, 3.8) is 0 Å². The van der Waals surface area contributed by atoms with Crippen LogP contribution in [-0.2, 0) is 16.0 Å². The summed E-state index contributed by atoms with van der Waals surface area (Å²) in [4.78, 5) is 23.1. The molecule has 0 unspecified atom stereocenters. The van der Waals surface area contributed by atoms with E-state index in [0.717, 1.165) is 22.5 Å². The van der Waals surface area contributed by atoms with E-state index < -0.39 is 5.97 Å². The molecule has 0 radical (unpaired) electrons. The first-order chi connectivity index (χ1) is 11.5. The molecule has 1 aromatic heterocycles. The number of esters is 1. The summed E-state index contributed by atoms with van der Waals surface area (Å²) in [7, 11) is 1.33. The number of rotatable bonds is 6. The van der Waals surface area contributed by atoms with Crippen molar-refractivity contribution in [3.05, 3.63) is 52.3 Å². The number of ether oxygens (including phenoxy) is 1. The summed E-state index contributed by atoms with van der Waals surface area (Å²) < 4.78 is 4.63. The zero-order valence-electron chi connectivity index (χ0n) is 13.9. The van der Waals surface area contributed by atoms with Crippen LogP contribution < -0.4 is 5.43 Å². The predicted octanol–water partition coefficient (Wildman–Crippen LogP) is 1.90. The fraction of sp³-hybridized carbons (Fsp3) is 0.294. The Hall–Kier alpha value is -2.96. The van der Waals surface area contributed by atoms with Gasteiger partial charge in [-0.1, -0.05) is 12.1 Å². The van der Waals surface area contributed by atoms with Gasteiger partial charge in [-0.05, 0) is 43.5 Å². The van der Waals surface area contributed by atoms with Gasteiger partial charge in [0.05, 0.1) is 24.6 Å². The largest absolute Gasteiger partial charge is 0.465 e. The monoisotopic (exact) mass is 328 g/mol. The minimum absolute atomic E-state index is 0.169. The topological polar surface area (TPSA) is 96.4 Å². The van der Waals surface area contributed by atoms with Crippen molar-refractivity contribution in [2.75, 3.05) is 7.11 Å². The van der Waals surface area contributed by atoms with Crippen LogP contribution in [0.5, 0.6) is 0 Å². The molecule has 0 aliphatic heterocycles. The molecule has 0 aliphatic rings. The second-order valence-electron chi connectivity index (χ2n) is 5.32. The SMILES string of the molecule is COC(=O)c1ccc(C=NNC(=O)CCc2c(C)n[nH]c2C)cc1. The Bertz CT molecular complexity index is 728. The molecule has 2 N–H and O–H groups in total. The highest BCUT2D eigenvalue weighted by Gasteiger charge is 2.08. The number of aryl methyl sites for hydroxylation is 2. The molecular formula is C17H20N4O3. The molecule has 7 nitrogen and oxygen atoms in total. The van der Waals surface area contributed by atoms with Gasteiger partial charge in [0.15, 0.2) is 0 Å². The Balaban J connectivity index is 1.83. The van der Waals surface area contributed by atoms with Crippen molar-refractivity contribution < 1.29 is 14.3 Å². The van der Waals surface area contributed by atoms with E-state index in [1.54, 1.807) is 24.3 Å². The second-order valence-corrected chi connectivity index (χ2v) is 5.32. The number of methoxy groups -OCH3 is 1. The number of hydrazone groups is 1. The van der Waals surface area contributed by atoms with Gasteiger partial charge < -0.3 is 4.74 Å². The lowest BCUT2D eigenvalue weighted by atomic mass is 10.1. The molecule has 2 rings (SSSR count). The molecular weight excluding hydrogens is 308 g/mol. The molecule has 7 heteroatoms. The fourth-order valence-corrected chi connectivity index (χ4v) is 2.24. The minimum atomic E-state index is -0.392. The molecule has 24 heavy (non-hydrogen) atoms. The van der Waals surface area contributed by atoms with E-state index in [0.29, 0.717) is 18.4 Å². The molecule has 0 aliphatic carbocycles. The molecule has 0 saturated carbocycles. The molecule has 2 aromatic rings. The number of benzene rings is 1. The fourth-order valence-electron chi connectivity index (χ4n) is 2.24. The Kier molecular flexibility index (Phi) is 5.83. The third kappa shape index (κ3) is 4.52. The third-order valence-electron chi connectivity index (χ3n) is 3.62. The number of aromatic amines is 1. The van der Waals surface area contributed by atoms with Gasteiger partial charge in [-0.2, -0.15) is 10.2 Å². The number of hydrogen-bond donors (Lipinski definition) is 2. The maximum absolute atomic E-state index is 11.8. The molecule has 1 amide bonds. The first kappa shape index (κ1) is 17.4. The Labute approximate surface area is 140 Å². The van der Waals surface area contributed by atoms with Crippen LogP contribution >= 0.6 is 0 Å². The van der Waals surface area contributed by atoms with E-state index in [-0.39, 0.29) is 5.91 Å². The van der Waals surface area contributed by atoms with Gasteiger partial charge in [-0.3, -0.25) is 9.89 Å². The highest BCUT2D eigenvalue weighted by Crippen LogP contribution is 2.11. The molecule has 126 valence electrons. The van der Waals surface area contributed by atoms with Crippen LogP contribution in [0.15, 0.2) is 29.4 Å². The van der Waals surface area contributed by atoms with Gasteiger partial charge in [0, 0.05) is 12.1 Å². The lowest BCUT2D eigenvalue weighted by molar-refractivity contribution is -0.121. The number of nitrogens with one attached hydrogen (secondary N) is 2. The maximum atomic E-state index is 11.8. The first-order valence-electron chi connectivity index (χ1n) is 7.52. The molecule has 0 fully saturated rings. The second kappa shape index (κ2) is 8.05. The zero-order valence-corrected chi connectivity index (χ0v) is 13.9. The average molecular weight is 328 g/mol. The molecule has 0 bridgehead atoms. The van der Waals surface area contributed by atoms with Crippen LogP contribution in [0.2, 0.25) is 0 Å². The van der Waals surface area contributed by atoms with E-state index in [1.807, 2.05) is 13.8 Å². The molecule has 0 saturated heterocycles. The number of carbonyl (C=O) groups is 2. The summed E-state index contributed by atoms with van der Waals surface area (Å²) in [6.45, 7) is 3.84. The van der Waals surface area contributed by atoms with Gasteiger partial charge >= 0.3 is 5.97 Å². The number of hydrogen-bond acceptors (Lipinski definition) is 5. The summed E-state index contributed by atoms with van der Waals surface area (Å²) >= 11 is 0. The summed E-state index contributed by atoms with van der Waals surface area (Å²) in [5.74, 6) is -0.561. The van der Waals surface area contributed by atoms with E-state index in [9.17, 15) is 9.59 Å². The Morgan fingerprint density at radius 3 is 2.58 bits per heavy atom. The number of aromatic nitrogens is 2. The summed E-state index contributed by atoms with van der Waals surface area (Å²) in [5.41, 5.74) is 6.68. The third-order valence-corrected chi connectivity index (χ3v) is 3.62. The quantitative estimate of drug-likeness (QED) is 0.481. The highest BCUT2D eigenvalue weighted by molar-refractivity contribution is 5.90. The van der Waals surface area contributed by atoms with Gasteiger partial charge in [-0.25, -0.2) is 10.2 Å². The van der Waals surface area contributed by atoms with Gasteiger partial charge in [0.2, 0.25) is 5.91 Å². The predicted molar refractivity (Wildman–Crippen MR) is 89.9 cm³/mol. The highest BCUT2D eigenvalue weighted by atomic mass is 16.5. The van der Waals surface area contributed by atoms with E-state index in [4.69, 9.17) is 0 Å². The van der Waals surface area contributed by atoms with E-state index in [2.05, 4.69) is 25.5 Å². The van der Waals surface area contributed by atoms with E-state index >= 15 is 0 Å². The first-order valence-corrected chi connectivity index (χ1v) is 7.52. The van der Waals surface area contributed by atoms with Gasteiger partial charge in [0.1, 0.15) is 0 Å². The van der Waals surface area contributed by atoms with Crippen molar-refractivity contribution in [1.82, 2.24) is 15.6 Å². The number of nitrogens with zero attached hydrogens (tertiary/aromatic N) is 2. The van der Waals surface area contributed by atoms with Crippen LogP contribution in [0, 0.1) is 13.8 Å². The number of carbonyl (C=O) groups excluding carboxylic acids is 2. The molecule has 0 atom stereocenters. The van der Waals surface area contributed by atoms with Crippen molar-refractivity contribution in [3.8, 4) is 0 Å². The van der Waals surface area contributed by atoms with Crippen molar-refractivity contribution in [1.29, 1.82) is 0 Å². The van der Waals surface area contributed by atoms with Crippen molar-refractivity contribution >= 4 is 18.1 Å². The van der Waals surface area contributed by atoms with Gasteiger partial charge in [-0.15, -0.1) is 0 Å². The summed E-state index contributed by atoms with van der Waals surface area (Å²) in [5, 5.41) is 10.9. The molecule has 1 heterocycles. The lowest BCUT2D eigenvalue weighted by Crippen LogP contribution is -2.18. The van der Waals surface area contributed by atoms with Crippen LogP contribution in [0.4, 0.5) is 0 Å². The normalized spacial score (nSPS) is 10.8. The standard InChI is InChI=1S/C17H20N4O3/c1-11-15(12(2)20-19-11)8-9-16(22)21-18-10-13-4-6-14(7-5-13)17(23)24-3/h4-7,10H,8-9H2,1-3H3,(H,19,20)(H,21,22). The molecule has 1 aromatic carbocycles. The Morgan fingerprint density at radius 1 is 1.29 bits per heavy atom. The smallest absolute Gasteiger partial charge is 0.337 e. The summed E-state index contributed by atoms with van der Waals surface area (Å²) in [6.07, 6.45) is 2.47.